The van der Waals surface area contributed by atoms with Crippen molar-refractivity contribution in [1.82, 2.24) is 4.90 Å². The van der Waals surface area contributed by atoms with Crippen molar-refractivity contribution in [2.24, 2.45) is 0 Å². The summed E-state index contributed by atoms with van der Waals surface area (Å²) in [5.41, 5.74) is 4.75. The maximum atomic E-state index is 11.8. The molecule has 0 fully saturated rings. The third-order valence-electron chi connectivity index (χ3n) is 7.59. The lowest BCUT2D eigenvalue weighted by Crippen LogP contribution is -2.39. The molecule has 0 radical (unpaired) electrons. The fourth-order valence-electron chi connectivity index (χ4n) is 5.57. The van der Waals surface area contributed by atoms with Gasteiger partial charge in [-0.3, -0.25) is 4.90 Å². The Morgan fingerprint density at radius 1 is 0.949 bits per heavy atom. The molecule has 5 rings (SSSR count). The quantitative estimate of drug-likeness (QED) is 0.196. The minimum absolute atomic E-state index is 0.0891. The van der Waals surface area contributed by atoms with Crippen molar-refractivity contribution in [3.63, 3.8) is 0 Å². The highest BCUT2D eigenvalue weighted by Gasteiger charge is 2.26. The number of ether oxygens (including phenoxy) is 2. The molecule has 39 heavy (non-hydrogen) atoms. The van der Waals surface area contributed by atoms with Crippen LogP contribution >= 0.6 is 0 Å². The molecule has 4 aromatic rings. The Labute approximate surface area is 231 Å². The van der Waals surface area contributed by atoms with E-state index in [9.17, 15) is 9.90 Å². The predicted molar refractivity (Wildman–Crippen MR) is 155 cm³/mol. The molecule has 5 nitrogen and oxygen atoms in total. The standard InChI is InChI=1S/C34H37NO4/c1-2-38-34(37)24-39-32-18-17-27-13-8-14-31(20-30(27)21-32)35(22-25-9-4-3-5-10-25)23-33(36)29-16-15-26-11-6-7-12-28(26)19-29/h3-7,9-12,15-19,21,31,33,36H,2,8,13-14,20,22-24H2,1H3. The largest absolute Gasteiger partial charge is 0.482 e. The molecular weight excluding hydrogens is 486 g/mol. The number of carbonyl (C=O) groups is 1. The minimum atomic E-state index is -0.597. The van der Waals surface area contributed by atoms with Gasteiger partial charge in [-0.1, -0.05) is 72.8 Å². The van der Waals surface area contributed by atoms with E-state index in [4.69, 9.17) is 9.47 Å². The number of benzene rings is 4. The molecule has 0 saturated heterocycles. The summed E-state index contributed by atoms with van der Waals surface area (Å²) >= 11 is 0. The van der Waals surface area contributed by atoms with E-state index in [1.54, 1.807) is 6.92 Å². The van der Waals surface area contributed by atoms with Crippen LogP contribution in [0.4, 0.5) is 0 Å². The van der Waals surface area contributed by atoms with Crippen molar-refractivity contribution >= 4 is 16.7 Å². The van der Waals surface area contributed by atoms with E-state index in [0.717, 1.165) is 43.2 Å². The highest BCUT2D eigenvalue weighted by Crippen LogP contribution is 2.30. The lowest BCUT2D eigenvalue weighted by Gasteiger charge is -2.33. The normalized spacial score (nSPS) is 15.9. The lowest BCUT2D eigenvalue weighted by molar-refractivity contribution is -0.145. The molecule has 0 heterocycles. The molecule has 5 heteroatoms. The van der Waals surface area contributed by atoms with Crippen LogP contribution in [0.5, 0.6) is 5.75 Å². The smallest absolute Gasteiger partial charge is 0.344 e. The van der Waals surface area contributed by atoms with Crippen LogP contribution in [-0.2, 0) is 28.9 Å². The summed E-state index contributed by atoms with van der Waals surface area (Å²) in [5.74, 6) is 0.329. The van der Waals surface area contributed by atoms with Crippen LogP contribution in [0.2, 0.25) is 0 Å². The summed E-state index contributed by atoms with van der Waals surface area (Å²) in [7, 11) is 0. The summed E-state index contributed by atoms with van der Waals surface area (Å²) in [6.45, 7) is 3.36. The van der Waals surface area contributed by atoms with E-state index in [1.165, 1.54) is 22.1 Å². The average Bonchev–Trinajstić information content (AvgIpc) is 3.18. The number of esters is 1. The summed E-state index contributed by atoms with van der Waals surface area (Å²) in [4.78, 5) is 14.2. The van der Waals surface area contributed by atoms with Crippen molar-refractivity contribution in [2.45, 2.75) is 51.3 Å². The van der Waals surface area contributed by atoms with Crippen molar-refractivity contribution < 1.29 is 19.4 Å². The van der Waals surface area contributed by atoms with Gasteiger partial charge < -0.3 is 14.6 Å². The molecule has 0 spiro atoms. The maximum Gasteiger partial charge on any atom is 0.344 e. The summed E-state index contributed by atoms with van der Waals surface area (Å²) in [6.07, 6.45) is 3.41. The van der Waals surface area contributed by atoms with Crippen molar-refractivity contribution in [3.05, 3.63) is 113 Å². The number of carbonyl (C=O) groups excluding carboxylic acids is 1. The van der Waals surface area contributed by atoms with E-state index in [1.807, 2.05) is 30.3 Å². The second kappa shape index (κ2) is 12.9. The lowest BCUT2D eigenvalue weighted by atomic mass is 9.98. The van der Waals surface area contributed by atoms with Gasteiger partial charge in [-0.05, 0) is 83.8 Å². The topological polar surface area (TPSA) is 59.0 Å². The maximum absolute atomic E-state index is 11.8. The minimum Gasteiger partial charge on any atom is -0.482 e. The van der Waals surface area contributed by atoms with Crippen molar-refractivity contribution in [3.8, 4) is 5.75 Å². The predicted octanol–water partition coefficient (Wildman–Crippen LogP) is 6.26. The van der Waals surface area contributed by atoms with Crippen LogP contribution in [0.3, 0.4) is 0 Å². The van der Waals surface area contributed by atoms with Gasteiger partial charge in [0.15, 0.2) is 6.61 Å². The Bertz CT molecular complexity index is 1390. The van der Waals surface area contributed by atoms with Gasteiger partial charge in [0.05, 0.1) is 12.7 Å². The number of fused-ring (bicyclic) bond motifs is 2. The highest BCUT2D eigenvalue weighted by atomic mass is 16.6. The zero-order chi connectivity index (χ0) is 27.0. The first-order valence-corrected chi connectivity index (χ1v) is 13.9. The molecule has 4 aromatic carbocycles. The Morgan fingerprint density at radius 2 is 1.74 bits per heavy atom. The third-order valence-corrected chi connectivity index (χ3v) is 7.59. The first-order valence-electron chi connectivity index (χ1n) is 13.9. The van der Waals surface area contributed by atoms with E-state index in [2.05, 4.69) is 65.6 Å². The molecule has 0 amide bonds. The number of nitrogens with zero attached hydrogens (tertiary/aromatic N) is 1. The van der Waals surface area contributed by atoms with E-state index in [-0.39, 0.29) is 18.6 Å². The molecule has 1 N–H and O–H groups in total. The molecule has 0 saturated carbocycles. The summed E-state index contributed by atoms with van der Waals surface area (Å²) in [5, 5.41) is 13.7. The fourth-order valence-corrected chi connectivity index (χ4v) is 5.57. The van der Waals surface area contributed by atoms with Gasteiger partial charge in [0.2, 0.25) is 0 Å². The Morgan fingerprint density at radius 3 is 2.56 bits per heavy atom. The van der Waals surface area contributed by atoms with Crippen LogP contribution in [0.1, 0.15) is 48.1 Å². The van der Waals surface area contributed by atoms with Gasteiger partial charge in [0, 0.05) is 19.1 Å². The Balaban J connectivity index is 1.37. The first kappa shape index (κ1) is 26.9. The van der Waals surface area contributed by atoms with E-state index < -0.39 is 6.10 Å². The number of aliphatic hydroxyl groups excluding tert-OH is 1. The number of hydrogen-bond donors (Lipinski definition) is 1. The zero-order valence-corrected chi connectivity index (χ0v) is 22.6. The number of aliphatic hydroxyl groups is 1. The molecule has 2 atom stereocenters. The zero-order valence-electron chi connectivity index (χ0n) is 22.6. The molecule has 0 aromatic heterocycles. The fraction of sp³-hybridized carbons (Fsp3) is 0.324. The van der Waals surface area contributed by atoms with Crippen LogP contribution in [0, 0.1) is 0 Å². The Kier molecular flexibility index (Phi) is 8.92. The molecule has 1 aliphatic rings. The van der Waals surface area contributed by atoms with Crippen LogP contribution < -0.4 is 4.74 Å². The number of rotatable bonds is 10. The summed E-state index contributed by atoms with van der Waals surface area (Å²) < 4.78 is 10.8. The molecule has 2 unspecified atom stereocenters. The Hall–Kier alpha value is -3.67. The van der Waals surface area contributed by atoms with Gasteiger partial charge in [-0.15, -0.1) is 0 Å². The molecular formula is C34H37NO4. The summed E-state index contributed by atoms with van der Waals surface area (Å²) in [6, 6.07) is 31.4. The second-order valence-electron chi connectivity index (χ2n) is 10.3. The van der Waals surface area contributed by atoms with Gasteiger partial charge in [0.25, 0.3) is 0 Å². The van der Waals surface area contributed by atoms with Gasteiger partial charge in [0.1, 0.15) is 5.75 Å². The van der Waals surface area contributed by atoms with Crippen LogP contribution in [0.25, 0.3) is 10.8 Å². The van der Waals surface area contributed by atoms with Gasteiger partial charge >= 0.3 is 5.97 Å². The molecule has 1 aliphatic carbocycles. The second-order valence-corrected chi connectivity index (χ2v) is 10.3. The van der Waals surface area contributed by atoms with Gasteiger partial charge in [-0.2, -0.15) is 0 Å². The molecule has 0 bridgehead atoms. The molecule has 202 valence electrons. The first-order chi connectivity index (χ1) is 19.1. The number of aryl methyl sites for hydroxylation is 1. The van der Waals surface area contributed by atoms with E-state index in [0.29, 0.717) is 18.9 Å². The van der Waals surface area contributed by atoms with Crippen molar-refractivity contribution in [2.75, 3.05) is 19.8 Å². The average molecular weight is 524 g/mol. The number of hydrogen-bond acceptors (Lipinski definition) is 5. The van der Waals surface area contributed by atoms with Crippen LogP contribution in [-0.4, -0.2) is 41.8 Å². The van der Waals surface area contributed by atoms with Crippen LogP contribution in [0.15, 0.2) is 91.0 Å². The highest BCUT2D eigenvalue weighted by molar-refractivity contribution is 5.83. The molecule has 0 aliphatic heterocycles. The third kappa shape index (κ3) is 7.05. The van der Waals surface area contributed by atoms with Crippen molar-refractivity contribution in [1.29, 1.82) is 0 Å². The van der Waals surface area contributed by atoms with Gasteiger partial charge in [-0.25, -0.2) is 4.79 Å². The monoisotopic (exact) mass is 523 g/mol. The SMILES string of the molecule is CCOC(=O)COc1ccc2c(c1)CC(N(Cc1ccccc1)CC(O)c1ccc3ccccc3c1)CCC2. The van der Waals surface area contributed by atoms with E-state index >= 15 is 0 Å².